The summed E-state index contributed by atoms with van der Waals surface area (Å²) in [5, 5.41) is 6.01. The van der Waals surface area contributed by atoms with Crippen molar-refractivity contribution in [1.82, 2.24) is 10.3 Å². The molecular weight excluding hydrogens is 462 g/mol. The van der Waals surface area contributed by atoms with Gasteiger partial charge in [-0.25, -0.2) is 4.98 Å². The summed E-state index contributed by atoms with van der Waals surface area (Å²) in [5.74, 6) is 1.80. The largest absolute Gasteiger partial charge is 0.454 e. The Morgan fingerprint density at radius 2 is 1.91 bits per heavy atom. The van der Waals surface area contributed by atoms with Crippen molar-refractivity contribution in [2.45, 2.75) is 33.1 Å². The van der Waals surface area contributed by atoms with Crippen LogP contribution in [-0.4, -0.2) is 22.8 Å². The number of ether oxygens (including phenoxy) is 2. The van der Waals surface area contributed by atoms with E-state index < -0.39 is 0 Å². The zero-order chi connectivity index (χ0) is 24.5. The number of aryl methyl sites for hydroxylation is 1. The Morgan fingerprint density at radius 1 is 1.09 bits per heavy atom. The molecule has 0 saturated carbocycles. The number of aromatic nitrogens is 1. The van der Waals surface area contributed by atoms with Crippen molar-refractivity contribution in [1.29, 1.82) is 0 Å². The van der Waals surface area contributed by atoms with Gasteiger partial charge in [-0.05, 0) is 85.1 Å². The van der Waals surface area contributed by atoms with Gasteiger partial charge in [0, 0.05) is 16.8 Å². The first-order valence-electron chi connectivity index (χ1n) is 11.4. The molecule has 2 heterocycles. The molecule has 1 aromatic heterocycles. The molecule has 3 aromatic carbocycles. The summed E-state index contributed by atoms with van der Waals surface area (Å²) in [6, 6.07) is 17.0. The standard InChI is InChI=1S/C27H25N3O4S/c1-4-15(2)17-7-9-22-21(11-17)28-26(34-22)19-6-5-16(3)20(12-19)29-27(35)30-25(31)18-8-10-23-24(13-18)33-14-32-23/h5-13,15H,4,14H2,1-3H3,(H2,29,30,31,35)/t15-/m1/s1. The average Bonchev–Trinajstić information content (AvgIpc) is 3.50. The highest BCUT2D eigenvalue weighted by Crippen LogP contribution is 2.33. The maximum absolute atomic E-state index is 12.7. The van der Waals surface area contributed by atoms with E-state index >= 15 is 0 Å². The molecule has 8 heteroatoms. The number of amides is 1. The number of benzene rings is 3. The third-order valence-electron chi connectivity index (χ3n) is 6.19. The predicted molar refractivity (Wildman–Crippen MR) is 139 cm³/mol. The molecule has 178 valence electrons. The van der Waals surface area contributed by atoms with Crippen molar-refractivity contribution < 1.29 is 18.7 Å². The van der Waals surface area contributed by atoms with Crippen molar-refractivity contribution >= 4 is 40.0 Å². The van der Waals surface area contributed by atoms with E-state index in [0.717, 1.165) is 34.3 Å². The van der Waals surface area contributed by atoms with Crippen LogP contribution in [0, 0.1) is 6.92 Å². The molecule has 0 aliphatic carbocycles. The van der Waals surface area contributed by atoms with Gasteiger partial charge in [-0.2, -0.15) is 0 Å². The fraction of sp³-hybridized carbons (Fsp3) is 0.222. The van der Waals surface area contributed by atoms with E-state index in [9.17, 15) is 4.79 Å². The molecule has 0 unspecified atom stereocenters. The Morgan fingerprint density at radius 3 is 2.74 bits per heavy atom. The van der Waals surface area contributed by atoms with E-state index in [4.69, 9.17) is 31.1 Å². The molecule has 1 amide bonds. The number of nitrogens with one attached hydrogen (secondary N) is 2. The second-order valence-electron chi connectivity index (χ2n) is 8.56. The number of rotatable bonds is 5. The molecule has 1 atom stereocenters. The second kappa shape index (κ2) is 9.38. The summed E-state index contributed by atoms with van der Waals surface area (Å²) >= 11 is 5.40. The minimum Gasteiger partial charge on any atom is -0.454 e. The zero-order valence-corrected chi connectivity index (χ0v) is 20.5. The van der Waals surface area contributed by atoms with Gasteiger partial charge in [0.05, 0.1) is 0 Å². The Kier molecular flexibility index (Phi) is 6.13. The zero-order valence-electron chi connectivity index (χ0n) is 19.7. The highest BCUT2D eigenvalue weighted by atomic mass is 32.1. The lowest BCUT2D eigenvalue weighted by Crippen LogP contribution is -2.34. The number of hydrogen-bond donors (Lipinski definition) is 2. The lowest BCUT2D eigenvalue weighted by molar-refractivity contribution is 0.0977. The smallest absolute Gasteiger partial charge is 0.257 e. The van der Waals surface area contributed by atoms with Crippen molar-refractivity contribution in [3.8, 4) is 23.0 Å². The van der Waals surface area contributed by atoms with Crippen molar-refractivity contribution in [2.75, 3.05) is 12.1 Å². The molecule has 0 bridgehead atoms. The topological polar surface area (TPSA) is 85.6 Å². The number of nitrogens with zero attached hydrogens (tertiary/aromatic N) is 1. The summed E-state index contributed by atoms with van der Waals surface area (Å²) in [7, 11) is 0. The van der Waals surface area contributed by atoms with Gasteiger partial charge in [-0.15, -0.1) is 0 Å². The summed E-state index contributed by atoms with van der Waals surface area (Å²) in [6.45, 7) is 6.48. The number of anilines is 1. The first-order valence-corrected chi connectivity index (χ1v) is 11.9. The molecule has 0 saturated heterocycles. The fourth-order valence-corrected chi connectivity index (χ4v) is 4.07. The van der Waals surface area contributed by atoms with Crippen molar-refractivity contribution in [3.63, 3.8) is 0 Å². The maximum atomic E-state index is 12.7. The number of thiocarbonyl (C=S) groups is 1. The molecule has 0 fully saturated rings. The van der Waals surface area contributed by atoms with E-state index in [0.29, 0.717) is 28.9 Å². The van der Waals surface area contributed by atoms with Crippen molar-refractivity contribution in [2.24, 2.45) is 0 Å². The Hall–Kier alpha value is -3.91. The number of fused-ring (bicyclic) bond motifs is 2. The van der Waals surface area contributed by atoms with E-state index in [1.165, 1.54) is 5.56 Å². The summed E-state index contributed by atoms with van der Waals surface area (Å²) < 4.78 is 16.6. The SMILES string of the molecule is CC[C@@H](C)c1ccc2oc(-c3ccc(C)c(NC(=S)NC(=O)c4ccc5c(c4)OCO5)c3)nc2c1. The van der Waals surface area contributed by atoms with Crippen molar-refractivity contribution in [3.05, 3.63) is 71.3 Å². The molecular formula is C27H25N3O4S. The molecule has 1 aliphatic heterocycles. The van der Waals surface area contributed by atoms with Crippen LogP contribution < -0.4 is 20.1 Å². The highest BCUT2D eigenvalue weighted by molar-refractivity contribution is 7.80. The number of carbonyl (C=O) groups is 1. The number of oxazole rings is 1. The minimum absolute atomic E-state index is 0.148. The van der Waals surface area contributed by atoms with Gasteiger partial charge in [0.1, 0.15) is 5.52 Å². The van der Waals surface area contributed by atoms with Gasteiger partial charge < -0.3 is 19.2 Å². The first-order chi connectivity index (χ1) is 16.9. The van der Waals surface area contributed by atoms with Crippen LogP contribution in [0.15, 0.2) is 59.0 Å². The molecule has 7 nitrogen and oxygen atoms in total. The van der Waals surface area contributed by atoms with Crippen LogP contribution in [0.4, 0.5) is 5.69 Å². The van der Waals surface area contributed by atoms with Crippen LogP contribution >= 0.6 is 12.2 Å². The predicted octanol–water partition coefficient (Wildman–Crippen LogP) is 6.17. The molecule has 4 aromatic rings. The van der Waals surface area contributed by atoms with Crippen LogP contribution in [0.5, 0.6) is 11.5 Å². The van der Waals surface area contributed by atoms with Gasteiger partial charge in [0.2, 0.25) is 12.7 Å². The lowest BCUT2D eigenvalue weighted by atomic mass is 9.98. The third-order valence-corrected chi connectivity index (χ3v) is 6.39. The normalized spacial score (nSPS) is 13.0. The molecule has 35 heavy (non-hydrogen) atoms. The summed E-state index contributed by atoms with van der Waals surface area (Å²) in [4.78, 5) is 17.4. The van der Waals surface area contributed by atoms with E-state index in [1.54, 1.807) is 18.2 Å². The van der Waals surface area contributed by atoms with Crippen LogP contribution in [0.1, 0.15) is 47.7 Å². The number of carbonyl (C=O) groups excluding carboxylic acids is 1. The molecule has 1 aliphatic rings. The van der Waals surface area contributed by atoms with Crippen LogP contribution in [0.3, 0.4) is 0 Å². The van der Waals surface area contributed by atoms with E-state index in [1.807, 2.05) is 31.2 Å². The van der Waals surface area contributed by atoms with E-state index in [-0.39, 0.29) is 17.8 Å². The Labute approximate surface area is 208 Å². The fourth-order valence-electron chi connectivity index (χ4n) is 3.87. The number of hydrogen-bond acceptors (Lipinski definition) is 6. The quantitative estimate of drug-likeness (QED) is 0.326. The minimum atomic E-state index is -0.342. The van der Waals surface area contributed by atoms with E-state index in [2.05, 4.69) is 36.6 Å². The van der Waals surface area contributed by atoms with Crippen LogP contribution in [-0.2, 0) is 0 Å². The van der Waals surface area contributed by atoms with Gasteiger partial charge >= 0.3 is 0 Å². The van der Waals surface area contributed by atoms with Gasteiger partial charge in [-0.3, -0.25) is 10.1 Å². The first kappa shape index (κ1) is 22.9. The lowest BCUT2D eigenvalue weighted by Gasteiger charge is -2.13. The second-order valence-corrected chi connectivity index (χ2v) is 8.97. The van der Waals surface area contributed by atoms with Gasteiger partial charge in [0.15, 0.2) is 22.2 Å². The molecule has 0 radical (unpaired) electrons. The summed E-state index contributed by atoms with van der Waals surface area (Å²) in [5.41, 5.74) is 5.77. The average molecular weight is 488 g/mol. The summed E-state index contributed by atoms with van der Waals surface area (Å²) in [6.07, 6.45) is 1.06. The maximum Gasteiger partial charge on any atom is 0.257 e. The molecule has 2 N–H and O–H groups in total. The highest BCUT2D eigenvalue weighted by Gasteiger charge is 2.17. The van der Waals surface area contributed by atoms with Crippen LogP contribution in [0.25, 0.3) is 22.6 Å². The van der Waals surface area contributed by atoms with Gasteiger partial charge in [-0.1, -0.05) is 26.0 Å². The molecule has 5 rings (SSSR count). The molecule has 0 spiro atoms. The monoisotopic (exact) mass is 487 g/mol. The van der Waals surface area contributed by atoms with Gasteiger partial charge in [0.25, 0.3) is 5.91 Å². The third kappa shape index (κ3) is 4.70. The Bertz CT molecular complexity index is 1450. The Balaban J connectivity index is 1.33. The van der Waals surface area contributed by atoms with Crippen LogP contribution in [0.2, 0.25) is 0 Å².